The summed E-state index contributed by atoms with van der Waals surface area (Å²) in [6, 6.07) is 0. The number of esters is 1. The third-order valence-electron chi connectivity index (χ3n) is 3.09. The molecule has 8 nitrogen and oxygen atoms in total. The molecule has 0 N–H and O–H groups in total. The Morgan fingerprint density at radius 2 is 1.70 bits per heavy atom. The minimum absolute atomic E-state index is 0.0472. The summed E-state index contributed by atoms with van der Waals surface area (Å²) in [5.41, 5.74) is 0. The molecule has 1 aliphatic rings. The van der Waals surface area contributed by atoms with Crippen LogP contribution in [0.4, 0.5) is 0 Å². The zero-order chi connectivity index (χ0) is 15.3. The molecule has 1 amide bonds. The first-order valence-electron chi connectivity index (χ1n) is 6.22. The first-order valence-corrected chi connectivity index (χ1v) is 8.07. The predicted octanol–water partition coefficient (Wildman–Crippen LogP) is -1.80. The number of methoxy groups -OCH3 is 1. The molecule has 116 valence electrons. The number of likely N-dealkylation sites (N-methyl/N-ethyl adjacent to an activating group) is 1. The second kappa shape index (κ2) is 7.00. The molecule has 1 fully saturated rings. The van der Waals surface area contributed by atoms with Gasteiger partial charge in [0.05, 0.1) is 26.5 Å². The maximum atomic E-state index is 12.0. The highest BCUT2D eigenvalue weighted by Gasteiger charge is 2.26. The highest BCUT2D eigenvalue weighted by molar-refractivity contribution is 7.88. The summed E-state index contributed by atoms with van der Waals surface area (Å²) >= 11 is 0. The molecule has 0 aliphatic carbocycles. The summed E-state index contributed by atoms with van der Waals surface area (Å²) in [4.78, 5) is 26.2. The Morgan fingerprint density at radius 3 is 2.15 bits per heavy atom. The summed E-state index contributed by atoms with van der Waals surface area (Å²) in [6.07, 6.45) is 1.16. The lowest BCUT2D eigenvalue weighted by atomic mass is 10.3. The fraction of sp³-hybridized carbons (Fsp3) is 0.818. The van der Waals surface area contributed by atoms with Crippen LogP contribution in [0, 0.1) is 0 Å². The van der Waals surface area contributed by atoms with Gasteiger partial charge in [-0.25, -0.2) is 8.42 Å². The van der Waals surface area contributed by atoms with Gasteiger partial charge < -0.3 is 9.64 Å². The Morgan fingerprint density at radius 1 is 1.15 bits per heavy atom. The van der Waals surface area contributed by atoms with Gasteiger partial charge in [0.15, 0.2) is 0 Å². The Bertz CT molecular complexity index is 457. The van der Waals surface area contributed by atoms with Crippen molar-refractivity contribution in [2.75, 3.05) is 59.7 Å². The molecule has 1 heterocycles. The van der Waals surface area contributed by atoms with Crippen molar-refractivity contribution in [1.29, 1.82) is 0 Å². The normalized spacial score (nSPS) is 17.3. The number of sulfonamides is 1. The molecule has 0 aromatic carbocycles. The zero-order valence-electron chi connectivity index (χ0n) is 12.0. The first-order chi connectivity index (χ1) is 9.24. The van der Waals surface area contributed by atoms with E-state index in [1.54, 1.807) is 16.8 Å². The smallest absolute Gasteiger partial charge is 0.319 e. The second-order valence-electron chi connectivity index (χ2n) is 4.79. The van der Waals surface area contributed by atoms with E-state index < -0.39 is 16.0 Å². The quantitative estimate of drug-likeness (QED) is 0.557. The monoisotopic (exact) mass is 307 g/mol. The highest BCUT2D eigenvalue weighted by Crippen LogP contribution is 2.06. The van der Waals surface area contributed by atoms with Crippen LogP contribution in [0.3, 0.4) is 0 Å². The lowest BCUT2D eigenvalue weighted by Gasteiger charge is -2.34. The molecule has 0 bridgehead atoms. The van der Waals surface area contributed by atoms with E-state index in [4.69, 9.17) is 0 Å². The molecule has 0 aromatic rings. The van der Waals surface area contributed by atoms with Gasteiger partial charge in [0.2, 0.25) is 15.9 Å². The van der Waals surface area contributed by atoms with Crippen molar-refractivity contribution < 1.29 is 22.7 Å². The molecule has 0 spiro atoms. The van der Waals surface area contributed by atoms with Crippen molar-refractivity contribution in [2.45, 2.75) is 0 Å². The van der Waals surface area contributed by atoms with Crippen LogP contribution in [0.5, 0.6) is 0 Å². The highest BCUT2D eigenvalue weighted by atomic mass is 32.2. The molecule has 0 saturated carbocycles. The number of hydrogen-bond donors (Lipinski definition) is 0. The largest absolute Gasteiger partial charge is 0.468 e. The number of carbonyl (C=O) groups is 2. The average molecular weight is 307 g/mol. The van der Waals surface area contributed by atoms with E-state index in [1.165, 1.54) is 11.4 Å². The zero-order valence-corrected chi connectivity index (χ0v) is 12.9. The van der Waals surface area contributed by atoms with E-state index in [0.717, 1.165) is 6.26 Å². The molecule has 1 rings (SSSR count). The van der Waals surface area contributed by atoms with Gasteiger partial charge in [0, 0.05) is 26.2 Å². The van der Waals surface area contributed by atoms with Crippen molar-refractivity contribution in [3.8, 4) is 0 Å². The lowest BCUT2D eigenvalue weighted by Crippen LogP contribution is -2.52. The van der Waals surface area contributed by atoms with E-state index in [-0.39, 0.29) is 19.0 Å². The molecular weight excluding hydrogens is 286 g/mol. The fourth-order valence-electron chi connectivity index (χ4n) is 1.94. The maximum absolute atomic E-state index is 12.0. The molecular formula is C11H21N3O5S. The number of rotatable bonds is 5. The van der Waals surface area contributed by atoms with Gasteiger partial charge in [-0.05, 0) is 7.05 Å². The summed E-state index contributed by atoms with van der Waals surface area (Å²) in [7, 11) is -0.245. The minimum atomic E-state index is -3.19. The molecule has 1 aliphatic heterocycles. The summed E-state index contributed by atoms with van der Waals surface area (Å²) in [5.74, 6) is -0.522. The molecule has 20 heavy (non-hydrogen) atoms. The summed E-state index contributed by atoms with van der Waals surface area (Å²) < 4.78 is 28.6. The third-order valence-corrected chi connectivity index (χ3v) is 4.40. The minimum Gasteiger partial charge on any atom is -0.468 e. The standard InChI is InChI=1S/C11H21N3O5S/c1-12(9-11(16)19-2)8-10(15)13-4-6-14(7-5-13)20(3,17)18/h4-9H2,1-3H3. The van der Waals surface area contributed by atoms with Gasteiger partial charge in [0.25, 0.3) is 0 Å². The molecule has 0 unspecified atom stereocenters. The van der Waals surface area contributed by atoms with E-state index in [1.807, 2.05) is 0 Å². The number of carbonyl (C=O) groups excluding carboxylic acids is 2. The van der Waals surface area contributed by atoms with Crippen LogP contribution in [0.25, 0.3) is 0 Å². The third kappa shape index (κ3) is 5.06. The molecule has 9 heteroatoms. The topological polar surface area (TPSA) is 87.2 Å². The van der Waals surface area contributed by atoms with Gasteiger partial charge in [-0.3, -0.25) is 14.5 Å². The van der Waals surface area contributed by atoms with Crippen molar-refractivity contribution in [3.63, 3.8) is 0 Å². The van der Waals surface area contributed by atoms with Crippen LogP contribution >= 0.6 is 0 Å². The SMILES string of the molecule is COC(=O)CN(C)CC(=O)N1CCN(S(C)(=O)=O)CC1. The number of hydrogen-bond acceptors (Lipinski definition) is 6. The maximum Gasteiger partial charge on any atom is 0.319 e. The number of ether oxygens (including phenoxy) is 1. The average Bonchev–Trinajstić information content (AvgIpc) is 2.37. The van der Waals surface area contributed by atoms with Crippen molar-refractivity contribution in [2.24, 2.45) is 0 Å². The molecule has 1 saturated heterocycles. The van der Waals surface area contributed by atoms with Gasteiger partial charge >= 0.3 is 5.97 Å². The van der Waals surface area contributed by atoms with E-state index in [2.05, 4.69) is 4.74 Å². The lowest BCUT2D eigenvalue weighted by molar-refractivity contribution is -0.142. The Balaban J connectivity index is 2.41. The van der Waals surface area contributed by atoms with Crippen molar-refractivity contribution >= 4 is 21.9 Å². The van der Waals surface area contributed by atoms with Crippen LogP contribution < -0.4 is 0 Å². The summed E-state index contributed by atoms with van der Waals surface area (Å²) in [6.45, 7) is 1.52. The van der Waals surface area contributed by atoms with Crippen LogP contribution in [-0.2, 0) is 24.3 Å². The van der Waals surface area contributed by atoms with Crippen LogP contribution in [0.1, 0.15) is 0 Å². The number of piperazine rings is 1. The van der Waals surface area contributed by atoms with Crippen LogP contribution in [0.15, 0.2) is 0 Å². The van der Waals surface area contributed by atoms with Crippen LogP contribution in [-0.4, -0.2) is 94.1 Å². The number of amides is 1. The van der Waals surface area contributed by atoms with E-state index >= 15 is 0 Å². The summed E-state index contributed by atoms with van der Waals surface area (Å²) in [5, 5.41) is 0. The van der Waals surface area contributed by atoms with Gasteiger partial charge in [-0.2, -0.15) is 4.31 Å². The van der Waals surface area contributed by atoms with Gasteiger partial charge in [0.1, 0.15) is 0 Å². The Kier molecular flexibility index (Phi) is 5.90. The predicted molar refractivity (Wildman–Crippen MR) is 72.5 cm³/mol. The van der Waals surface area contributed by atoms with Crippen molar-refractivity contribution in [1.82, 2.24) is 14.1 Å². The fourth-order valence-corrected chi connectivity index (χ4v) is 2.77. The van der Waals surface area contributed by atoms with Gasteiger partial charge in [-0.1, -0.05) is 0 Å². The Labute approximate surface area is 119 Å². The molecule has 0 radical (unpaired) electrons. The Hall–Kier alpha value is -1.19. The first kappa shape index (κ1) is 16.9. The molecule has 0 atom stereocenters. The second-order valence-corrected chi connectivity index (χ2v) is 6.77. The number of nitrogens with zero attached hydrogens (tertiary/aromatic N) is 3. The van der Waals surface area contributed by atoms with Crippen LogP contribution in [0.2, 0.25) is 0 Å². The van der Waals surface area contributed by atoms with Gasteiger partial charge in [-0.15, -0.1) is 0 Å². The van der Waals surface area contributed by atoms with Crippen molar-refractivity contribution in [3.05, 3.63) is 0 Å². The van der Waals surface area contributed by atoms with E-state index in [9.17, 15) is 18.0 Å². The molecule has 0 aromatic heterocycles. The van der Waals surface area contributed by atoms with E-state index in [0.29, 0.717) is 26.2 Å².